The normalized spacial score (nSPS) is 11.7. The molecule has 1 atom stereocenters. The maximum atomic E-state index is 13.6. The second-order valence-corrected chi connectivity index (χ2v) is 9.09. The third kappa shape index (κ3) is 7.44. The van der Waals surface area contributed by atoms with Crippen LogP contribution in [0.2, 0.25) is 0 Å². The molecule has 0 spiro atoms. The van der Waals surface area contributed by atoms with Crippen LogP contribution in [0, 0.1) is 6.92 Å². The smallest absolute Gasteiger partial charge is 0.261 e. The highest BCUT2D eigenvalue weighted by Crippen LogP contribution is 2.26. The van der Waals surface area contributed by atoms with Crippen LogP contribution in [0.4, 0.5) is 0 Å². The van der Waals surface area contributed by atoms with Crippen molar-refractivity contribution in [1.82, 2.24) is 10.2 Å². The molecule has 0 saturated heterocycles. The maximum absolute atomic E-state index is 13.6. The van der Waals surface area contributed by atoms with Crippen LogP contribution in [0.15, 0.2) is 78.9 Å². The van der Waals surface area contributed by atoms with Gasteiger partial charge in [-0.2, -0.15) is 0 Å². The molecule has 0 aliphatic heterocycles. The molecule has 35 heavy (non-hydrogen) atoms. The topological polar surface area (TPSA) is 58.6 Å². The highest BCUT2D eigenvalue weighted by Gasteiger charge is 2.30. The van der Waals surface area contributed by atoms with Gasteiger partial charge in [-0.05, 0) is 42.5 Å². The minimum atomic E-state index is -0.658. The standard InChI is InChI=1S/C30H36N2O3/c1-5-31-30(34)27(19-24-13-7-6-8-14-24)32(20-25-15-11-12-23(4)18-25)29(33)21-35-28-17-10-9-16-26(28)22(2)3/h6-18,22,27H,5,19-21H2,1-4H3,(H,31,34). The third-order valence-corrected chi connectivity index (χ3v) is 5.95. The first-order chi connectivity index (χ1) is 16.9. The molecule has 3 aromatic carbocycles. The first-order valence-electron chi connectivity index (χ1n) is 12.3. The van der Waals surface area contributed by atoms with Gasteiger partial charge in [-0.25, -0.2) is 0 Å². The number of nitrogens with zero attached hydrogens (tertiary/aromatic N) is 1. The van der Waals surface area contributed by atoms with Crippen LogP contribution in [0.1, 0.15) is 48.9 Å². The number of rotatable bonds is 11. The van der Waals surface area contributed by atoms with E-state index in [0.717, 1.165) is 22.3 Å². The van der Waals surface area contributed by atoms with Gasteiger partial charge in [0, 0.05) is 19.5 Å². The van der Waals surface area contributed by atoms with Gasteiger partial charge in [0.2, 0.25) is 5.91 Å². The van der Waals surface area contributed by atoms with Gasteiger partial charge in [0.05, 0.1) is 0 Å². The van der Waals surface area contributed by atoms with E-state index in [-0.39, 0.29) is 24.3 Å². The van der Waals surface area contributed by atoms with Crippen molar-refractivity contribution in [3.63, 3.8) is 0 Å². The summed E-state index contributed by atoms with van der Waals surface area (Å²) in [5.74, 6) is 0.576. The van der Waals surface area contributed by atoms with Gasteiger partial charge in [0.25, 0.3) is 5.91 Å². The summed E-state index contributed by atoms with van der Waals surface area (Å²) in [6, 6.07) is 25.0. The van der Waals surface area contributed by atoms with Gasteiger partial charge in [0.1, 0.15) is 11.8 Å². The zero-order chi connectivity index (χ0) is 25.2. The number of benzene rings is 3. The van der Waals surface area contributed by atoms with Crippen molar-refractivity contribution in [3.05, 3.63) is 101 Å². The van der Waals surface area contributed by atoms with Crippen LogP contribution < -0.4 is 10.1 Å². The van der Waals surface area contributed by atoms with E-state index in [9.17, 15) is 9.59 Å². The van der Waals surface area contributed by atoms with E-state index < -0.39 is 6.04 Å². The van der Waals surface area contributed by atoms with Crippen molar-refractivity contribution in [1.29, 1.82) is 0 Å². The Morgan fingerprint density at radius 1 is 0.914 bits per heavy atom. The van der Waals surface area contributed by atoms with E-state index in [4.69, 9.17) is 4.74 Å². The number of hydrogen-bond acceptors (Lipinski definition) is 3. The molecule has 5 nitrogen and oxygen atoms in total. The summed E-state index contributed by atoms with van der Waals surface area (Å²) in [7, 11) is 0. The lowest BCUT2D eigenvalue weighted by molar-refractivity contribution is -0.142. The lowest BCUT2D eigenvalue weighted by Crippen LogP contribution is -2.51. The number of para-hydroxylation sites is 1. The Bertz CT molecular complexity index is 1110. The van der Waals surface area contributed by atoms with Crippen molar-refractivity contribution < 1.29 is 14.3 Å². The lowest BCUT2D eigenvalue weighted by Gasteiger charge is -2.31. The zero-order valence-electron chi connectivity index (χ0n) is 21.2. The average Bonchev–Trinajstić information content (AvgIpc) is 2.85. The third-order valence-electron chi connectivity index (χ3n) is 5.95. The number of hydrogen-bond donors (Lipinski definition) is 1. The van der Waals surface area contributed by atoms with Gasteiger partial charge in [0.15, 0.2) is 6.61 Å². The van der Waals surface area contributed by atoms with Gasteiger partial charge < -0.3 is 15.0 Å². The first kappa shape index (κ1) is 26.0. The Morgan fingerprint density at radius 2 is 1.60 bits per heavy atom. The molecule has 0 heterocycles. The van der Waals surface area contributed by atoms with Crippen LogP contribution in [0.5, 0.6) is 5.75 Å². The Balaban J connectivity index is 1.91. The predicted molar refractivity (Wildman–Crippen MR) is 140 cm³/mol. The Hall–Kier alpha value is -3.60. The molecule has 0 radical (unpaired) electrons. The van der Waals surface area contributed by atoms with E-state index in [1.807, 2.05) is 92.7 Å². The minimum Gasteiger partial charge on any atom is -0.483 e. The molecule has 184 valence electrons. The monoisotopic (exact) mass is 472 g/mol. The molecule has 0 aliphatic carbocycles. The molecular weight excluding hydrogens is 436 g/mol. The molecule has 0 fully saturated rings. The molecule has 1 unspecified atom stereocenters. The van der Waals surface area contributed by atoms with Crippen LogP contribution in [-0.4, -0.2) is 35.9 Å². The number of aryl methyl sites for hydroxylation is 1. The van der Waals surface area contributed by atoms with Crippen molar-refractivity contribution in [2.24, 2.45) is 0 Å². The Morgan fingerprint density at radius 3 is 2.29 bits per heavy atom. The fourth-order valence-electron chi connectivity index (χ4n) is 4.16. The highest BCUT2D eigenvalue weighted by molar-refractivity contribution is 5.88. The van der Waals surface area contributed by atoms with Crippen molar-refractivity contribution >= 4 is 11.8 Å². The van der Waals surface area contributed by atoms with E-state index in [0.29, 0.717) is 25.3 Å². The summed E-state index contributed by atoms with van der Waals surface area (Å²) >= 11 is 0. The Kier molecular flexibility index (Phi) is 9.47. The summed E-state index contributed by atoms with van der Waals surface area (Å²) < 4.78 is 6.02. The summed E-state index contributed by atoms with van der Waals surface area (Å²) in [6.45, 7) is 8.78. The van der Waals surface area contributed by atoms with E-state index in [2.05, 4.69) is 19.2 Å². The molecule has 2 amide bonds. The largest absolute Gasteiger partial charge is 0.483 e. The summed E-state index contributed by atoms with van der Waals surface area (Å²) in [6.07, 6.45) is 0.423. The van der Waals surface area contributed by atoms with Crippen LogP contribution in [-0.2, 0) is 22.6 Å². The lowest BCUT2D eigenvalue weighted by atomic mass is 10.0. The fourth-order valence-corrected chi connectivity index (χ4v) is 4.16. The zero-order valence-corrected chi connectivity index (χ0v) is 21.2. The second kappa shape index (κ2) is 12.7. The number of carbonyl (C=O) groups excluding carboxylic acids is 2. The van der Waals surface area contributed by atoms with Crippen molar-refractivity contribution in [3.8, 4) is 5.75 Å². The fraction of sp³-hybridized carbons (Fsp3) is 0.333. The molecule has 1 N–H and O–H groups in total. The van der Waals surface area contributed by atoms with E-state index >= 15 is 0 Å². The quantitative estimate of drug-likeness (QED) is 0.413. The predicted octanol–water partition coefficient (Wildman–Crippen LogP) is 5.27. The number of nitrogens with one attached hydrogen (secondary N) is 1. The van der Waals surface area contributed by atoms with E-state index in [1.54, 1.807) is 4.90 Å². The van der Waals surface area contributed by atoms with Gasteiger partial charge >= 0.3 is 0 Å². The van der Waals surface area contributed by atoms with Gasteiger partial charge in [-0.1, -0.05) is 92.2 Å². The number of amides is 2. The molecule has 3 rings (SSSR count). The Labute approximate surface area is 209 Å². The molecule has 0 saturated carbocycles. The maximum Gasteiger partial charge on any atom is 0.261 e. The van der Waals surface area contributed by atoms with Crippen LogP contribution in [0.3, 0.4) is 0 Å². The molecule has 0 aliphatic rings. The van der Waals surface area contributed by atoms with E-state index in [1.165, 1.54) is 0 Å². The number of carbonyl (C=O) groups is 2. The molecule has 0 bridgehead atoms. The van der Waals surface area contributed by atoms with Gasteiger partial charge in [-0.3, -0.25) is 9.59 Å². The SMILES string of the molecule is CCNC(=O)C(Cc1ccccc1)N(Cc1cccc(C)c1)C(=O)COc1ccccc1C(C)C. The van der Waals surface area contributed by atoms with Crippen LogP contribution in [0.25, 0.3) is 0 Å². The van der Waals surface area contributed by atoms with Gasteiger partial charge in [-0.15, -0.1) is 0 Å². The second-order valence-electron chi connectivity index (χ2n) is 9.09. The molecular formula is C30H36N2O3. The number of likely N-dealkylation sites (N-methyl/N-ethyl adjacent to an activating group) is 1. The van der Waals surface area contributed by atoms with Crippen molar-refractivity contribution in [2.75, 3.05) is 13.2 Å². The minimum absolute atomic E-state index is 0.139. The molecule has 3 aromatic rings. The summed E-state index contributed by atoms with van der Waals surface area (Å²) in [4.78, 5) is 28.5. The van der Waals surface area contributed by atoms with Crippen molar-refractivity contribution in [2.45, 2.75) is 52.6 Å². The molecule has 5 heteroatoms. The highest BCUT2D eigenvalue weighted by atomic mass is 16.5. The average molecular weight is 473 g/mol. The molecule has 0 aromatic heterocycles. The summed E-state index contributed by atoms with van der Waals surface area (Å²) in [5.41, 5.74) is 4.13. The number of ether oxygens (including phenoxy) is 1. The summed E-state index contributed by atoms with van der Waals surface area (Å²) in [5, 5.41) is 2.92. The first-order valence-corrected chi connectivity index (χ1v) is 12.3. The van der Waals surface area contributed by atoms with Crippen LogP contribution >= 0.6 is 0 Å².